The average molecular weight is 662 g/mol. The van der Waals surface area contributed by atoms with E-state index in [1.165, 1.54) is 24.1 Å². The van der Waals surface area contributed by atoms with Crippen molar-refractivity contribution in [2.75, 3.05) is 18.0 Å². The predicted molar refractivity (Wildman–Crippen MR) is 183 cm³/mol. The van der Waals surface area contributed by atoms with Gasteiger partial charge in [0, 0.05) is 24.0 Å². The molecule has 0 heterocycles. The third kappa shape index (κ3) is 8.68. The van der Waals surface area contributed by atoms with Gasteiger partial charge >= 0.3 is 0 Å². The van der Waals surface area contributed by atoms with Gasteiger partial charge in [-0.15, -0.1) is 0 Å². The summed E-state index contributed by atoms with van der Waals surface area (Å²) in [7, 11) is -2.80. The highest BCUT2D eigenvalue weighted by Gasteiger charge is 2.35. The molecule has 1 N–H and O–H groups in total. The normalized spacial score (nSPS) is 12.5. The van der Waals surface area contributed by atoms with E-state index < -0.39 is 28.5 Å². The van der Waals surface area contributed by atoms with Crippen LogP contribution in [-0.2, 0) is 32.6 Å². The van der Waals surface area contributed by atoms with E-state index in [1.54, 1.807) is 60.7 Å². The maximum Gasteiger partial charge on any atom is 0.264 e. The van der Waals surface area contributed by atoms with Gasteiger partial charge in [-0.1, -0.05) is 85.3 Å². The van der Waals surface area contributed by atoms with Crippen LogP contribution in [0.25, 0.3) is 0 Å². The molecular formula is C36H40ClN3O5S. The lowest BCUT2D eigenvalue weighted by Crippen LogP contribution is -2.54. The number of rotatable bonds is 14. The molecule has 0 spiro atoms. The van der Waals surface area contributed by atoms with Gasteiger partial charge in [0.2, 0.25) is 11.8 Å². The highest BCUT2D eigenvalue weighted by Crippen LogP contribution is 2.34. The summed E-state index contributed by atoms with van der Waals surface area (Å²) >= 11 is 6.16. The van der Waals surface area contributed by atoms with Gasteiger partial charge in [0.05, 0.1) is 17.7 Å². The van der Waals surface area contributed by atoms with Crippen molar-refractivity contribution in [3.63, 3.8) is 0 Å². The number of methoxy groups -OCH3 is 1. The minimum Gasteiger partial charge on any atom is -0.495 e. The first-order valence-electron chi connectivity index (χ1n) is 15.1. The molecule has 0 radical (unpaired) electrons. The van der Waals surface area contributed by atoms with Crippen molar-refractivity contribution in [1.82, 2.24) is 10.2 Å². The smallest absolute Gasteiger partial charge is 0.264 e. The number of anilines is 1. The lowest BCUT2D eigenvalue weighted by atomic mass is 10.0. The molecule has 242 valence electrons. The Morgan fingerprint density at radius 3 is 2.13 bits per heavy atom. The van der Waals surface area contributed by atoms with Gasteiger partial charge in [0.15, 0.2) is 0 Å². The molecule has 0 aromatic heterocycles. The van der Waals surface area contributed by atoms with Crippen LogP contribution in [0.5, 0.6) is 5.75 Å². The number of nitrogens with one attached hydrogen (secondary N) is 1. The van der Waals surface area contributed by atoms with Gasteiger partial charge in [-0.3, -0.25) is 13.9 Å². The molecule has 0 aliphatic heterocycles. The Bertz CT molecular complexity index is 1720. The second-order valence-electron chi connectivity index (χ2n) is 11.2. The monoisotopic (exact) mass is 661 g/mol. The first kappa shape index (κ1) is 34.5. The van der Waals surface area contributed by atoms with E-state index in [2.05, 4.69) is 5.32 Å². The molecule has 4 rings (SSSR count). The topological polar surface area (TPSA) is 96.0 Å². The van der Waals surface area contributed by atoms with Crippen LogP contribution in [0.1, 0.15) is 37.0 Å². The molecule has 2 amide bonds. The molecule has 0 saturated carbocycles. The number of carbonyl (C=O) groups is 2. The minimum absolute atomic E-state index is 0.0194. The molecule has 10 heteroatoms. The molecule has 4 aromatic carbocycles. The van der Waals surface area contributed by atoms with Crippen molar-refractivity contribution in [2.45, 2.75) is 57.1 Å². The van der Waals surface area contributed by atoms with Crippen LogP contribution in [0.2, 0.25) is 5.02 Å². The second-order valence-corrected chi connectivity index (χ2v) is 13.5. The van der Waals surface area contributed by atoms with E-state index in [9.17, 15) is 18.0 Å². The molecular weight excluding hydrogens is 622 g/mol. The SMILES string of the molecule is CCC(C)NC(=O)C(Cc1ccccc1)N(Cc1ccc(Cl)cc1)C(=O)CN(c1cc(C)ccc1OC)S(=O)(=O)c1ccccc1. The molecule has 0 aliphatic rings. The molecule has 4 aromatic rings. The lowest BCUT2D eigenvalue weighted by Gasteiger charge is -2.34. The summed E-state index contributed by atoms with van der Waals surface area (Å²) in [6.45, 7) is 5.18. The van der Waals surface area contributed by atoms with Gasteiger partial charge in [0.1, 0.15) is 18.3 Å². The van der Waals surface area contributed by atoms with E-state index in [4.69, 9.17) is 16.3 Å². The van der Waals surface area contributed by atoms with E-state index in [0.717, 1.165) is 21.0 Å². The number of amides is 2. The lowest BCUT2D eigenvalue weighted by molar-refractivity contribution is -0.140. The largest absolute Gasteiger partial charge is 0.495 e. The third-order valence-electron chi connectivity index (χ3n) is 7.75. The van der Waals surface area contributed by atoms with Crippen molar-refractivity contribution in [3.8, 4) is 5.75 Å². The van der Waals surface area contributed by atoms with Gasteiger partial charge in [-0.05, 0) is 73.4 Å². The Morgan fingerprint density at radius 2 is 1.52 bits per heavy atom. The van der Waals surface area contributed by atoms with Crippen molar-refractivity contribution in [3.05, 3.63) is 125 Å². The standard InChI is InChI=1S/C36H40ClN3O5S/c1-5-27(3)38-36(42)33(23-28-12-8-6-9-13-28)39(24-29-17-19-30(37)20-18-29)35(41)25-40(32-22-26(2)16-21-34(32)45-4)46(43,44)31-14-10-7-11-15-31/h6-22,27,33H,5,23-25H2,1-4H3,(H,38,42). The Kier molecular flexibility index (Phi) is 11.8. The highest BCUT2D eigenvalue weighted by atomic mass is 35.5. The maximum absolute atomic E-state index is 14.6. The summed E-state index contributed by atoms with van der Waals surface area (Å²) in [6, 6.07) is 28.5. The second kappa shape index (κ2) is 15.8. The summed E-state index contributed by atoms with van der Waals surface area (Å²) in [4.78, 5) is 30.1. The number of benzene rings is 4. The van der Waals surface area contributed by atoms with Crippen LogP contribution >= 0.6 is 11.6 Å². The summed E-state index contributed by atoms with van der Waals surface area (Å²) in [5, 5.41) is 3.57. The molecule has 0 saturated heterocycles. The van der Waals surface area contributed by atoms with Crippen molar-refractivity contribution in [1.29, 1.82) is 0 Å². The third-order valence-corrected chi connectivity index (χ3v) is 9.78. The number of carbonyl (C=O) groups excluding carboxylic acids is 2. The van der Waals surface area contributed by atoms with E-state index in [-0.39, 0.29) is 41.2 Å². The zero-order valence-electron chi connectivity index (χ0n) is 26.5. The quantitative estimate of drug-likeness (QED) is 0.169. The number of ether oxygens (including phenoxy) is 1. The number of nitrogens with zero attached hydrogens (tertiary/aromatic N) is 2. The van der Waals surface area contributed by atoms with Crippen LogP contribution in [0, 0.1) is 6.92 Å². The zero-order valence-corrected chi connectivity index (χ0v) is 28.1. The fraction of sp³-hybridized carbons (Fsp3) is 0.278. The Morgan fingerprint density at radius 1 is 0.891 bits per heavy atom. The van der Waals surface area contributed by atoms with Crippen LogP contribution in [0.3, 0.4) is 0 Å². The van der Waals surface area contributed by atoms with Gasteiger partial charge in [-0.25, -0.2) is 8.42 Å². The Labute approximate surface area is 277 Å². The van der Waals surface area contributed by atoms with E-state index in [1.807, 2.05) is 51.1 Å². The maximum atomic E-state index is 14.6. The van der Waals surface area contributed by atoms with Crippen LogP contribution in [-0.4, -0.2) is 50.9 Å². The number of sulfonamides is 1. The average Bonchev–Trinajstić information content (AvgIpc) is 3.06. The molecule has 46 heavy (non-hydrogen) atoms. The fourth-order valence-electron chi connectivity index (χ4n) is 5.01. The van der Waals surface area contributed by atoms with Crippen molar-refractivity contribution < 1.29 is 22.7 Å². The highest BCUT2D eigenvalue weighted by molar-refractivity contribution is 7.92. The van der Waals surface area contributed by atoms with Crippen LogP contribution < -0.4 is 14.4 Å². The molecule has 0 aliphatic carbocycles. The minimum atomic E-state index is -4.25. The Hall–Kier alpha value is -4.34. The first-order chi connectivity index (χ1) is 22.0. The molecule has 0 fully saturated rings. The number of hydrogen-bond donors (Lipinski definition) is 1. The van der Waals surface area contributed by atoms with E-state index >= 15 is 0 Å². The molecule has 0 bridgehead atoms. The summed E-state index contributed by atoms with van der Waals surface area (Å²) in [5.74, 6) is -0.595. The van der Waals surface area contributed by atoms with Gasteiger partial charge in [-0.2, -0.15) is 0 Å². The van der Waals surface area contributed by atoms with Gasteiger partial charge < -0.3 is 15.0 Å². The number of hydrogen-bond acceptors (Lipinski definition) is 5. The van der Waals surface area contributed by atoms with Crippen LogP contribution in [0.15, 0.2) is 108 Å². The first-order valence-corrected chi connectivity index (χ1v) is 17.0. The predicted octanol–water partition coefficient (Wildman–Crippen LogP) is 6.41. The molecule has 2 atom stereocenters. The number of aryl methyl sites for hydroxylation is 1. The zero-order chi connectivity index (χ0) is 33.3. The summed E-state index contributed by atoms with van der Waals surface area (Å²) < 4.78 is 35.1. The van der Waals surface area contributed by atoms with Crippen molar-refractivity contribution in [2.24, 2.45) is 0 Å². The van der Waals surface area contributed by atoms with Crippen LogP contribution in [0.4, 0.5) is 5.69 Å². The summed E-state index contributed by atoms with van der Waals surface area (Å²) in [5.41, 5.74) is 2.59. The van der Waals surface area contributed by atoms with Crippen molar-refractivity contribution >= 4 is 39.1 Å². The Balaban J connectivity index is 1.84. The fourth-order valence-corrected chi connectivity index (χ4v) is 6.57. The molecule has 2 unspecified atom stereocenters. The van der Waals surface area contributed by atoms with E-state index in [0.29, 0.717) is 11.4 Å². The summed E-state index contributed by atoms with van der Waals surface area (Å²) in [6.07, 6.45) is 0.923. The van der Waals surface area contributed by atoms with Gasteiger partial charge in [0.25, 0.3) is 10.0 Å². The molecule has 8 nitrogen and oxygen atoms in total. The number of halogens is 1.